The number of hydrogen-bond acceptors (Lipinski definition) is 2. The van der Waals surface area contributed by atoms with E-state index in [4.69, 9.17) is 9.47 Å². The first kappa shape index (κ1) is 17.7. The van der Waals surface area contributed by atoms with Gasteiger partial charge in [-0.25, -0.2) is 8.78 Å². The van der Waals surface area contributed by atoms with Crippen molar-refractivity contribution in [1.82, 2.24) is 0 Å². The summed E-state index contributed by atoms with van der Waals surface area (Å²) in [6.45, 7) is 6.08. The molecule has 3 rings (SSSR count). The summed E-state index contributed by atoms with van der Waals surface area (Å²) in [6, 6.07) is 8.08. The predicted molar refractivity (Wildman–Crippen MR) is 94.2 cm³/mol. The molecule has 0 radical (unpaired) electrons. The molecule has 0 aromatic heterocycles. The van der Waals surface area contributed by atoms with Crippen LogP contribution < -0.4 is 9.47 Å². The molecule has 0 bridgehead atoms. The van der Waals surface area contributed by atoms with E-state index in [2.05, 4.69) is 6.92 Å². The number of aryl methyl sites for hydroxylation is 1. The van der Waals surface area contributed by atoms with Crippen LogP contribution in [0.3, 0.4) is 0 Å². The third kappa shape index (κ3) is 3.94. The quantitative estimate of drug-likeness (QED) is 0.678. The number of unbranched alkanes of at least 4 members (excludes halogenated alkanes) is 1. The van der Waals surface area contributed by atoms with Gasteiger partial charge in [0.2, 0.25) is 0 Å². The molecular formula is C21H24F2O2. The van der Waals surface area contributed by atoms with E-state index in [0.717, 1.165) is 18.4 Å². The molecule has 2 aromatic rings. The first-order chi connectivity index (χ1) is 11.9. The zero-order valence-corrected chi connectivity index (χ0v) is 15.0. The van der Waals surface area contributed by atoms with E-state index >= 15 is 0 Å². The summed E-state index contributed by atoms with van der Waals surface area (Å²) in [5, 5.41) is 0. The minimum absolute atomic E-state index is 0.0737. The lowest BCUT2D eigenvalue weighted by Gasteiger charge is -2.18. The molecule has 2 nitrogen and oxygen atoms in total. The molecule has 0 spiro atoms. The highest BCUT2D eigenvalue weighted by Crippen LogP contribution is 2.39. The Morgan fingerprint density at radius 3 is 2.72 bits per heavy atom. The lowest BCUT2D eigenvalue weighted by molar-refractivity contribution is 0.135. The van der Waals surface area contributed by atoms with Crippen molar-refractivity contribution in [2.24, 2.45) is 0 Å². The van der Waals surface area contributed by atoms with Gasteiger partial charge in [0.15, 0.2) is 11.6 Å². The Kier molecular flexibility index (Phi) is 4.98. The maximum Gasteiger partial charge on any atom is 0.168 e. The van der Waals surface area contributed by atoms with Crippen LogP contribution in [0.1, 0.15) is 50.3 Å². The molecule has 0 N–H and O–H groups in total. The molecule has 0 aliphatic carbocycles. The van der Waals surface area contributed by atoms with Gasteiger partial charge in [-0.15, -0.1) is 0 Å². The molecule has 0 amide bonds. The molecule has 0 unspecified atom stereocenters. The van der Waals surface area contributed by atoms with E-state index < -0.39 is 0 Å². The van der Waals surface area contributed by atoms with Crippen molar-refractivity contribution in [3.8, 4) is 11.5 Å². The normalized spacial score (nSPS) is 14.9. The summed E-state index contributed by atoms with van der Waals surface area (Å²) >= 11 is 0. The third-order valence-corrected chi connectivity index (χ3v) is 4.43. The van der Waals surface area contributed by atoms with Gasteiger partial charge in [0.1, 0.15) is 23.8 Å². The standard InChI is InChI=1S/C21H24F2O2/c1-4-5-7-14-8-6-9-18(19(14)23)24-13-16-11-17(22)10-15-12-21(2,3)25-20(15)16/h6,8-11H,4-5,7,12-13H2,1-3H3. The molecular weight excluding hydrogens is 322 g/mol. The minimum Gasteiger partial charge on any atom is -0.487 e. The number of ether oxygens (including phenoxy) is 2. The highest BCUT2D eigenvalue weighted by molar-refractivity contribution is 5.46. The van der Waals surface area contributed by atoms with Crippen molar-refractivity contribution < 1.29 is 18.3 Å². The van der Waals surface area contributed by atoms with E-state index in [1.54, 1.807) is 18.2 Å². The summed E-state index contributed by atoms with van der Waals surface area (Å²) in [5.74, 6) is 0.207. The molecule has 0 atom stereocenters. The topological polar surface area (TPSA) is 18.5 Å². The highest BCUT2D eigenvalue weighted by Gasteiger charge is 2.32. The van der Waals surface area contributed by atoms with Gasteiger partial charge in [0, 0.05) is 17.5 Å². The molecule has 2 aromatic carbocycles. The van der Waals surface area contributed by atoms with Gasteiger partial charge in [-0.1, -0.05) is 25.5 Å². The van der Waals surface area contributed by atoms with Crippen LogP contribution in [-0.2, 0) is 19.4 Å². The van der Waals surface area contributed by atoms with Gasteiger partial charge >= 0.3 is 0 Å². The predicted octanol–water partition coefficient (Wildman–Crippen LogP) is 5.60. The summed E-state index contributed by atoms with van der Waals surface area (Å²) in [4.78, 5) is 0. The molecule has 0 fully saturated rings. The summed E-state index contributed by atoms with van der Waals surface area (Å²) in [6.07, 6.45) is 3.27. The smallest absolute Gasteiger partial charge is 0.168 e. The van der Waals surface area contributed by atoms with E-state index in [1.165, 1.54) is 12.1 Å². The van der Waals surface area contributed by atoms with Gasteiger partial charge in [0.05, 0.1) is 0 Å². The number of benzene rings is 2. The second-order valence-corrected chi connectivity index (χ2v) is 7.21. The fraction of sp³-hybridized carbons (Fsp3) is 0.429. The van der Waals surface area contributed by atoms with E-state index in [1.807, 2.05) is 13.8 Å². The Morgan fingerprint density at radius 1 is 1.16 bits per heavy atom. The summed E-state index contributed by atoms with van der Waals surface area (Å²) in [7, 11) is 0. The minimum atomic E-state index is -0.365. The van der Waals surface area contributed by atoms with Crippen molar-refractivity contribution in [2.75, 3.05) is 0 Å². The molecule has 1 heterocycles. The average Bonchev–Trinajstić information content (AvgIpc) is 2.86. The van der Waals surface area contributed by atoms with Gasteiger partial charge in [-0.3, -0.25) is 0 Å². The van der Waals surface area contributed by atoms with Crippen LogP contribution in [0.15, 0.2) is 30.3 Å². The number of hydrogen-bond donors (Lipinski definition) is 0. The molecule has 0 saturated heterocycles. The first-order valence-corrected chi connectivity index (χ1v) is 8.80. The number of fused-ring (bicyclic) bond motifs is 1. The first-order valence-electron chi connectivity index (χ1n) is 8.80. The molecule has 1 aliphatic heterocycles. The van der Waals surface area contributed by atoms with Crippen LogP contribution >= 0.6 is 0 Å². The van der Waals surface area contributed by atoms with Crippen LogP contribution in [0.2, 0.25) is 0 Å². The average molecular weight is 346 g/mol. The van der Waals surface area contributed by atoms with Crippen molar-refractivity contribution in [1.29, 1.82) is 0 Å². The van der Waals surface area contributed by atoms with E-state index in [9.17, 15) is 8.78 Å². The fourth-order valence-electron chi connectivity index (χ4n) is 3.24. The second-order valence-electron chi connectivity index (χ2n) is 7.21. The highest BCUT2D eigenvalue weighted by atomic mass is 19.1. The van der Waals surface area contributed by atoms with E-state index in [0.29, 0.717) is 29.7 Å². The second kappa shape index (κ2) is 7.03. The van der Waals surface area contributed by atoms with Crippen molar-refractivity contribution in [2.45, 2.75) is 58.7 Å². The van der Waals surface area contributed by atoms with Crippen LogP contribution in [0, 0.1) is 11.6 Å². The lowest BCUT2D eigenvalue weighted by Crippen LogP contribution is -2.25. The summed E-state index contributed by atoms with van der Waals surface area (Å²) < 4.78 is 40.0. The Morgan fingerprint density at radius 2 is 1.96 bits per heavy atom. The van der Waals surface area contributed by atoms with E-state index in [-0.39, 0.29) is 29.6 Å². The van der Waals surface area contributed by atoms with Gasteiger partial charge in [-0.2, -0.15) is 0 Å². The van der Waals surface area contributed by atoms with Crippen LogP contribution in [-0.4, -0.2) is 5.60 Å². The zero-order valence-electron chi connectivity index (χ0n) is 15.0. The van der Waals surface area contributed by atoms with Crippen LogP contribution in [0.25, 0.3) is 0 Å². The van der Waals surface area contributed by atoms with Crippen LogP contribution in [0.5, 0.6) is 11.5 Å². The lowest BCUT2D eigenvalue weighted by atomic mass is 10.0. The van der Waals surface area contributed by atoms with Gasteiger partial charge < -0.3 is 9.47 Å². The molecule has 134 valence electrons. The maximum atomic E-state index is 14.5. The zero-order chi connectivity index (χ0) is 18.0. The van der Waals surface area contributed by atoms with Crippen LogP contribution in [0.4, 0.5) is 8.78 Å². The number of halogens is 2. The maximum absolute atomic E-state index is 14.5. The fourth-order valence-corrected chi connectivity index (χ4v) is 3.24. The van der Waals surface area contributed by atoms with Gasteiger partial charge in [-0.05, 0) is 50.5 Å². The van der Waals surface area contributed by atoms with Crippen molar-refractivity contribution >= 4 is 0 Å². The van der Waals surface area contributed by atoms with Crippen molar-refractivity contribution in [3.05, 3.63) is 58.7 Å². The Balaban J connectivity index is 1.80. The SMILES string of the molecule is CCCCc1cccc(OCc2cc(F)cc3c2OC(C)(C)C3)c1F. The van der Waals surface area contributed by atoms with Crippen molar-refractivity contribution in [3.63, 3.8) is 0 Å². The Labute approximate surface area is 147 Å². The Hall–Kier alpha value is -2.10. The molecule has 4 heteroatoms. The number of rotatable bonds is 6. The van der Waals surface area contributed by atoms with Gasteiger partial charge in [0.25, 0.3) is 0 Å². The largest absolute Gasteiger partial charge is 0.487 e. The molecule has 1 aliphatic rings. The summed E-state index contributed by atoms with van der Waals surface area (Å²) in [5.41, 5.74) is 1.73. The Bertz CT molecular complexity index is 769. The monoisotopic (exact) mass is 346 g/mol. The molecule has 25 heavy (non-hydrogen) atoms. The third-order valence-electron chi connectivity index (χ3n) is 4.43. The molecule has 0 saturated carbocycles.